The number of nitrogen functional groups attached to an aromatic ring is 1. The number of benzene rings is 1. The quantitative estimate of drug-likeness (QED) is 0.622. The summed E-state index contributed by atoms with van der Waals surface area (Å²) in [6, 6.07) is 7.88. The predicted octanol–water partition coefficient (Wildman–Crippen LogP) is 3.67. The molecule has 2 rings (SSSR count). The highest BCUT2D eigenvalue weighted by Crippen LogP contribution is 2.23. The fourth-order valence-electron chi connectivity index (χ4n) is 2.05. The van der Waals surface area contributed by atoms with Gasteiger partial charge in [0.2, 0.25) is 0 Å². The fourth-order valence-corrected chi connectivity index (χ4v) is 2.05. The van der Waals surface area contributed by atoms with Crippen LogP contribution in [0.4, 0.5) is 11.4 Å². The Labute approximate surface area is 108 Å². The first-order valence-corrected chi connectivity index (χ1v) is 6.55. The molecule has 1 heterocycles. The van der Waals surface area contributed by atoms with Gasteiger partial charge in [-0.25, -0.2) is 0 Å². The van der Waals surface area contributed by atoms with E-state index in [0.29, 0.717) is 0 Å². The van der Waals surface area contributed by atoms with Gasteiger partial charge in [0.15, 0.2) is 0 Å². The zero-order chi connectivity index (χ0) is 13.0. The first kappa shape index (κ1) is 12.7. The van der Waals surface area contributed by atoms with Crippen LogP contribution in [0.1, 0.15) is 26.7 Å². The summed E-state index contributed by atoms with van der Waals surface area (Å²) in [4.78, 5) is 4.34. The molecule has 1 aromatic carbocycles. The van der Waals surface area contributed by atoms with Crippen LogP contribution < -0.4 is 11.1 Å². The van der Waals surface area contributed by atoms with Crippen LogP contribution in [0.15, 0.2) is 30.5 Å². The molecule has 2 aromatic rings. The second-order valence-electron chi connectivity index (χ2n) is 5.10. The smallest absolute Gasteiger partial charge is 0.0743 e. The number of pyridine rings is 1. The van der Waals surface area contributed by atoms with Crippen molar-refractivity contribution in [3.05, 3.63) is 30.5 Å². The number of nitrogens with zero attached hydrogens (tertiary/aromatic N) is 1. The molecule has 0 amide bonds. The van der Waals surface area contributed by atoms with Gasteiger partial charge in [-0.15, -0.1) is 0 Å². The zero-order valence-corrected chi connectivity index (χ0v) is 11.1. The van der Waals surface area contributed by atoms with Crippen LogP contribution in [0.3, 0.4) is 0 Å². The monoisotopic (exact) mass is 243 g/mol. The molecule has 0 fully saturated rings. The molecule has 1 aromatic heterocycles. The van der Waals surface area contributed by atoms with Gasteiger partial charge >= 0.3 is 0 Å². The number of hydrogen-bond acceptors (Lipinski definition) is 3. The summed E-state index contributed by atoms with van der Waals surface area (Å²) in [5, 5.41) is 4.62. The minimum atomic E-state index is 0.756. The Morgan fingerprint density at radius 3 is 2.89 bits per heavy atom. The minimum Gasteiger partial charge on any atom is -0.399 e. The SMILES string of the molecule is CC(C)CCCNc1ccnc2cc(N)ccc12. The van der Waals surface area contributed by atoms with Crippen molar-refractivity contribution in [3.63, 3.8) is 0 Å². The van der Waals surface area contributed by atoms with E-state index in [9.17, 15) is 0 Å². The summed E-state index contributed by atoms with van der Waals surface area (Å²) in [6.45, 7) is 5.51. The van der Waals surface area contributed by atoms with Crippen LogP contribution in [-0.4, -0.2) is 11.5 Å². The lowest BCUT2D eigenvalue weighted by atomic mass is 10.1. The van der Waals surface area contributed by atoms with Crippen LogP contribution in [0.2, 0.25) is 0 Å². The Morgan fingerprint density at radius 2 is 2.11 bits per heavy atom. The van der Waals surface area contributed by atoms with Crippen molar-refractivity contribution < 1.29 is 0 Å². The fraction of sp³-hybridized carbons (Fsp3) is 0.400. The van der Waals surface area contributed by atoms with Crippen LogP contribution in [-0.2, 0) is 0 Å². The summed E-state index contributed by atoms with van der Waals surface area (Å²) in [5.41, 5.74) is 8.62. The molecule has 0 saturated heterocycles. The highest BCUT2D eigenvalue weighted by atomic mass is 14.9. The number of nitrogens with two attached hydrogens (primary N) is 1. The molecule has 0 aliphatic carbocycles. The molecule has 0 spiro atoms. The molecule has 0 aliphatic heterocycles. The Kier molecular flexibility index (Phi) is 4.03. The predicted molar refractivity (Wildman–Crippen MR) is 78.7 cm³/mol. The molecular weight excluding hydrogens is 222 g/mol. The number of fused-ring (bicyclic) bond motifs is 1. The van der Waals surface area contributed by atoms with Crippen molar-refractivity contribution in [1.82, 2.24) is 4.98 Å². The summed E-state index contributed by atoms with van der Waals surface area (Å²) in [6.07, 6.45) is 4.27. The second kappa shape index (κ2) is 5.71. The molecule has 3 nitrogen and oxygen atoms in total. The molecule has 0 bridgehead atoms. The molecule has 0 unspecified atom stereocenters. The number of nitrogens with one attached hydrogen (secondary N) is 1. The van der Waals surface area contributed by atoms with Gasteiger partial charge in [0.1, 0.15) is 0 Å². The lowest BCUT2D eigenvalue weighted by Gasteiger charge is -2.10. The maximum absolute atomic E-state index is 5.77. The normalized spacial score (nSPS) is 11.1. The van der Waals surface area contributed by atoms with Crippen molar-refractivity contribution in [2.45, 2.75) is 26.7 Å². The highest BCUT2D eigenvalue weighted by Gasteiger charge is 2.02. The molecule has 0 radical (unpaired) electrons. The van der Waals surface area contributed by atoms with E-state index >= 15 is 0 Å². The third-order valence-electron chi connectivity index (χ3n) is 3.04. The van der Waals surface area contributed by atoms with E-state index in [1.54, 1.807) is 0 Å². The third-order valence-corrected chi connectivity index (χ3v) is 3.04. The van der Waals surface area contributed by atoms with Crippen molar-refractivity contribution in [1.29, 1.82) is 0 Å². The summed E-state index contributed by atoms with van der Waals surface area (Å²) in [5.74, 6) is 0.765. The van der Waals surface area contributed by atoms with E-state index in [1.807, 2.05) is 30.5 Å². The highest BCUT2D eigenvalue weighted by molar-refractivity contribution is 5.92. The maximum atomic E-state index is 5.77. The van der Waals surface area contributed by atoms with Gasteiger partial charge in [0.05, 0.1) is 5.52 Å². The van der Waals surface area contributed by atoms with E-state index < -0.39 is 0 Å². The van der Waals surface area contributed by atoms with Crippen LogP contribution >= 0.6 is 0 Å². The second-order valence-corrected chi connectivity index (χ2v) is 5.10. The van der Waals surface area contributed by atoms with Crippen molar-refractivity contribution in [2.24, 2.45) is 5.92 Å². The molecule has 0 saturated carbocycles. The largest absolute Gasteiger partial charge is 0.399 e. The number of rotatable bonds is 5. The van der Waals surface area contributed by atoms with Gasteiger partial charge in [0, 0.05) is 29.5 Å². The molecule has 0 aliphatic rings. The van der Waals surface area contributed by atoms with Gasteiger partial charge in [-0.05, 0) is 43.0 Å². The van der Waals surface area contributed by atoms with Crippen molar-refractivity contribution in [3.8, 4) is 0 Å². The van der Waals surface area contributed by atoms with E-state index in [0.717, 1.165) is 34.7 Å². The first-order chi connectivity index (χ1) is 8.66. The van der Waals surface area contributed by atoms with Gasteiger partial charge < -0.3 is 11.1 Å². The Hall–Kier alpha value is -1.77. The van der Waals surface area contributed by atoms with Gasteiger partial charge in [-0.1, -0.05) is 13.8 Å². The number of hydrogen-bond donors (Lipinski definition) is 2. The Morgan fingerprint density at radius 1 is 1.28 bits per heavy atom. The molecule has 3 heteroatoms. The molecule has 18 heavy (non-hydrogen) atoms. The standard InChI is InChI=1S/C15H21N3/c1-11(2)4-3-8-17-14-7-9-18-15-10-12(16)5-6-13(14)15/h5-7,9-11H,3-4,8,16H2,1-2H3,(H,17,18). The molecule has 96 valence electrons. The number of aromatic nitrogens is 1. The molecular formula is C15H21N3. The first-order valence-electron chi connectivity index (χ1n) is 6.55. The summed E-state index contributed by atoms with van der Waals surface area (Å²) in [7, 11) is 0. The lowest BCUT2D eigenvalue weighted by molar-refractivity contribution is 0.567. The van der Waals surface area contributed by atoms with Crippen molar-refractivity contribution >= 4 is 22.3 Å². The van der Waals surface area contributed by atoms with E-state index in [1.165, 1.54) is 12.8 Å². The van der Waals surface area contributed by atoms with Gasteiger partial charge in [-0.2, -0.15) is 0 Å². The van der Waals surface area contributed by atoms with E-state index in [2.05, 4.69) is 24.1 Å². The summed E-state index contributed by atoms with van der Waals surface area (Å²) < 4.78 is 0. The average molecular weight is 243 g/mol. The molecule has 0 atom stereocenters. The van der Waals surface area contributed by atoms with Crippen LogP contribution in [0.5, 0.6) is 0 Å². The van der Waals surface area contributed by atoms with E-state index in [4.69, 9.17) is 5.73 Å². The van der Waals surface area contributed by atoms with Crippen LogP contribution in [0.25, 0.3) is 10.9 Å². The van der Waals surface area contributed by atoms with Crippen molar-refractivity contribution in [2.75, 3.05) is 17.6 Å². The Balaban J connectivity index is 2.08. The Bertz CT molecular complexity index is 520. The molecule has 3 N–H and O–H groups in total. The van der Waals surface area contributed by atoms with Crippen LogP contribution in [0, 0.1) is 5.92 Å². The minimum absolute atomic E-state index is 0.756. The zero-order valence-electron chi connectivity index (χ0n) is 11.1. The van der Waals surface area contributed by atoms with Gasteiger partial charge in [-0.3, -0.25) is 4.98 Å². The lowest BCUT2D eigenvalue weighted by Crippen LogP contribution is -2.03. The maximum Gasteiger partial charge on any atom is 0.0743 e. The van der Waals surface area contributed by atoms with E-state index in [-0.39, 0.29) is 0 Å². The third kappa shape index (κ3) is 3.13. The summed E-state index contributed by atoms with van der Waals surface area (Å²) >= 11 is 0. The van der Waals surface area contributed by atoms with Gasteiger partial charge in [0.25, 0.3) is 0 Å². The average Bonchev–Trinajstić information content (AvgIpc) is 2.34. The topological polar surface area (TPSA) is 50.9 Å². The number of anilines is 2.